The molecule has 2 nitrogen and oxygen atoms in total. The SMILES string of the molecule is COC1CCCC(N2CCC(CCCl)C2)C1. The number of methoxy groups -OCH3 is 1. The minimum Gasteiger partial charge on any atom is -0.381 e. The Labute approximate surface area is 104 Å². The van der Waals surface area contributed by atoms with Gasteiger partial charge in [-0.25, -0.2) is 0 Å². The van der Waals surface area contributed by atoms with Crippen LogP contribution in [-0.2, 0) is 4.74 Å². The van der Waals surface area contributed by atoms with Crippen LogP contribution in [-0.4, -0.2) is 43.1 Å². The molecule has 1 aliphatic heterocycles. The maximum absolute atomic E-state index is 5.82. The lowest BCUT2D eigenvalue weighted by Crippen LogP contribution is -2.39. The third kappa shape index (κ3) is 3.12. The van der Waals surface area contributed by atoms with Crippen LogP contribution in [0.2, 0.25) is 0 Å². The van der Waals surface area contributed by atoms with Crippen LogP contribution in [0.4, 0.5) is 0 Å². The normalized spacial score (nSPS) is 36.8. The maximum Gasteiger partial charge on any atom is 0.0586 e. The smallest absolute Gasteiger partial charge is 0.0586 e. The predicted molar refractivity (Wildman–Crippen MR) is 68.1 cm³/mol. The molecule has 2 fully saturated rings. The van der Waals surface area contributed by atoms with Crippen molar-refractivity contribution < 1.29 is 4.74 Å². The Bertz CT molecular complexity index is 212. The van der Waals surface area contributed by atoms with E-state index in [-0.39, 0.29) is 0 Å². The molecule has 0 aromatic rings. The van der Waals surface area contributed by atoms with Gasteiger partial charge in [-0.3, -0.25) is 0 Å². The van der Waals surface area contributed by atoms with Crippen LogP contribution in [0.1, 0.15) is 38.5 Å². The number of rotatable bonds is 4. The molecule has 2 aliphatic rings. The summed E-state index contributed by atoms with van der Waals surface area (Å²) >= 11 is 5.82. The van der Waals surface area contributed by atoms with Crippen LogP contribution < -0.4 is 0 Å². The van der Waals surface area contributed by atoms with Crippen molar-refractivity contribution in [2.45, 2.75) is 50.7 Å². The van der Waals surface area contributed by atoms with Gasteiger partial charge in [0, 0.05) is 25.6 Å². The molecule has 3 atom stereocenters. The predicted octanol–water partition coefficient (Wildman–Crippen LogP) is 2.89. The number of hydrogen-bond acceptors (Lipinski definition) is 2. The van der Waals surface area contributed by atoms with Gasteiger partial charge in [0.1, 0.15) is 0 Å². The summed E-state index contributed by atoms with van der Waals surface area (Å²) in [5.74, 6) is 1.67. The van der Waals surface area contributed by atoms with Gasteiger partial charge in [-0.2, -0.15) is 0 Å². The molecule has 94 valence electrons. The first-order valence-corrected chi connectivity index (χ1v) is 7.19. The highest BCUT2D eigenvalue weighted by Gasteiger charge is 2.31. The number of alkyl halides is 1. The molecule has 0 aromatic carbocycles. The van der Waals surface area contributed by atoms with Gasteiger partial charge in [0.25, 0.3) is 0 Å². The molecule has 1 aliphatic carbocycles. The van der Waals surface area contributed by atoms with E-state index in [2.05, 4.69) is 4.90 Å². The van der Waals surface area contributed by atoms with E-state index in [1.807, 2.05) is 7.11 Å². The van der Waals surface area contributed by atoms with Gasteiger partial charge in [-0.15, -0.1) is 11.6 Å². The van der Waals surface area contributed by atoms with Crippen molar-refractivity contribution in [3.05, 3.63) is 0 Å². The Hall–Kier alpha value is 0.210. The van der Waals surface area contributed by atoms with Gasteiger partial charge in [-0.05, 0) is 51.0 Å². The van der Waals surface area contributed by atoms with E-state index in [0.29, 0.717) is 6.10 Å². The minimum atomic E-state index is 0.505. The highest BCUT2D eigenvalue weighted by molar-refractivity contribution is 6.17. The molecule has 2 rings (SSSR count). The second-order valence-electron chi connectivity index (χ2n) is 5.31. The third-order valence-electron chi connectivity index (χ3n) is 4.28. The van der Waals surface area contributed by atoms with Crippen molar-refractivity contribution in [3.8, 4) is 0 Å². The summed E-state index contributed by atoms with van der Waals surface area (Å²) in [6.45, 7) is 2.55. The van der Waals surface area contributed by atoms with Crippen LogP contribution in [0.5, 0.6) is 0 Å². The van der Waals surface area contributed by atoms with E-state index in [1.54, 1.807) is 0 Å². The topological polar surface area (TPSA) is 12.5 Å². The summed E-state index contributed by atoms with van der Waals surface area (Å²) in [7, 11) is 1.85. The number of hydrogen-bond donors (Lipinski definition) is 0. The molecule has 0 N–H and O–H groups in total. The molecule has 0 aromatic heterocycles. The first-order chi connectivity index (χ1) is 7.83. The molecule has 0 amide bonds. The van der Waals surface area contributed by atoms with Gasteiger partial charge in [0.05, 0.1) is 6.10 Å². The fraction of sp³-hybridized carbons (Fsp3) is 1.00. The van der Waals surface area contributed by atoms with Crippen molar-refractivity contribution in [1.82, 2.24) is 4.90 Å². The largest absolute Gasteiger partial charge is 0.381 e. The Morgan fingerprint density at radius 3 is 2.94 bits per heavy atom. The fourth-order valence-corrected chi connectivity index (χ4v) is 3.56. The van der Waals surface area contributed by atoms with Crippen LogP contribution in [0.25, 0.3) is 0 Å². The number of ether oxygens (including phenoxy) is 1. The van der Waals surface area contributed by atoms with E-state index in [4.69, 9.17) is 16.3 Å². The van der Waals surface area contributed by atoms with Crippen molar-refractivity contribution in [3.63, 3.8) is 0 Å². The lowest BCUT2D eigenvalue weighted by atomic mass is 9.92. The maximum atomic E-state index is 5.82. The Morgan fingerprint density at radius 2 is 2.19 bits per heavy atom. The van der Waals surface area contributed by atoms with Crippen molar-refractivity contribution in [2.24, 2.45) is 5.92 Å². The fourth-order valence-electron chi connectivity index (χ4n) is 3.25. The third-order valence-corrected chi connectivity index (χ3v) is 4.50. The second-order valence-corrected chi connectivity index (χ2v) is 5.68. The zero-order valence-electron chi connectivity index (χ0n) is 10.3. The monoisotopic (exact) mass is 245 g/mol. The summed E-state index contributed by atoms with van der Waals surface area (Å²) in [6.07, 6.45) is 8.24. The van der Waals surface area contributed by atoms with Gasteiger partial charge < -0.3 is 9.64 Å². The molecule has 16 heavy (non-hydrogen) atoms. The Balaban J connectivity index is 1.79. The standard InChI is InChI=1S/C13H24ClNO/c1-16-13-4-2-3-12(9-13)15-8-6-11(10-15)5-7-14/h11-13H,2-10H2,1H3. The molecule has 3 heteroatoms. The highest BCUT2D eigenvalue weighted by Crippen LogP contribution is 2.30. The van der Waals surface area contributed by atoms with E-state index in [1.165, 1.54) is 51.6 Å². The van der Waals surface area contributed by atoms with Gasteiger partial charge in [0.2, 0.25) is 0 Å². The molecule has 0 bridgehead atoms. The van der Waals surface area contributed by atoms with Crippen LogP contribution >= 0.6 is 11.6 Å². The van der Waals surface area contributed by atoms with Crippen LogP contribution in [0.15, 0.2) is 0 Å². The highest BCUT2D eigenvalue weighted by atomic mass is 35.5. The summed E-state index contributed by atoms with van der Waals surface area (Å²) < 4.78 is 5.51. The molecule has 0 radical (unpaired) electrons. The quantitative estimate of drug-likeness (QED) is 0.707. The summed E-state index contributed by atoms with van der Waals surface area (Å²) in [5, 5.41) is 0. The summed E-state index contributed by atoms with van der Waals surface area (Å²) in [6, 6.07) is 0.777. The van der Waals surface area contributed by atoms with E-state index in [9.17, 15) is 0 Å². The molecular formula is C13H24ClNO. The number of likely N-dealkylation sites (tertiary alicyclic amines) is 1. The molecular weight excluding hydrogens is 222 g/mol. The molecule has 1 heterocycles. The zero-order chi connectivity index (χ0) is 11.4. The van der Waals surface area contributed by atoms with E-state index in [0.717, 1.165) is 17.8 Å². The Kier molecular flexibility index (Phi) is 4.93. The van der Waals surface area contributed by atoms with Crippen molar-refractivity contribution in [2.75, 3.05) is 26.1 Å². The second kappa shape index (κ2) is 6.23. The number of halogens is 1. The van der Waals surface area contributed by atoms with Gasteiger partial charge >= 0.3 is 0 Å². The van der Waals surface area contributed by atoms with Gasteiger partial charge in [0.15, 0.2) is 0 Å². The molecule has 1 saturated heterocycles. The van der Waals surface area contributed by atoms with E-state index >= 15 is 0 Å². The van der Waals surface area contributed by atoms with Crippen LogP contribution in [0.3, 0.4) is 0 Å². The molecule has 0 spiro atoms. The van der Waals surface area contributed by atoms with Crippen molar-refractivity contribution >= 4 is 11.6 Å². The minimum absolute atomic E-state index is 0.505. The van der Waals surface area contributed by atoms with Gasteiger partial charge in [-0.1, -0.05) is 0 Å². The summed E-state index contributed by atoms with van der Waals surface area (Å²) in [4.78, 5) is 2.68. The molecule has 3 unspecified atom stereocenters. The van der Waals surface area contributed by atoms with E-state index < -0.39 is 0 Å². The van der Waals surface area contributed by atoms with Crippen LogP contribution in [0, 0.1) is 5.92 Å². The average Bonchev–Trinajstić information content (AvgIpc) is 2.78. The molecule has 1 saturated carbocycles. The summed E-state index contributed by atoms with van der Waals surface area (Å²) in [5.41, 5.74) is 0. The van der Waals surface area contributed by atoms with Crippen molar-refractivity contribution in [1.29, 1.82) is 0 Å². The lowest BCUT2D eigenvalue weighted by Gasteiger charge is -2.34. The zero-order valence-corrected chi connectivity index (χ0v) is 11.1. The first kappa shape index (κ1) is 12.7. The number of nitrogens with zero attached hydrogens (tertiary/aromatic N) is 1. The first-order valence-electron chi connectivity index (χ1n) is 6.66. The lowest BCUT2D eigenvalue weighted by molar-refractivity contribution is 0.0332. The Morgan fingerprint density at radius 1 is 1.31 bits per heavy atom. The average molecular weight is 246 g/mol.